The second-order valence-electron chi connectivity index (χ2n) is 5.69. The molecule has 2 atom stereocenters. The third-order valence-corrected chi connectivity index (χ3v) is 3.79. The van der Waals surface area contributed by atoms with Crippen molar-refractivity contribution in [3.63, 3.8) is 0 Å². The Hall–Kier alpha value is -2.56. The summed E-state index contributed by atoms with van der Waals surface area (Å²) in [6, 6.07) is -1.00. The number of hydrogen-bond acceptors (Lipinski definition) is 5. The molecule has 7 nitrogen and oxygen atoms in total. The molecule has 0 spiro atoms. The first-order valence-corrected chi connectivity index (χ1v) is 7.08. The van der Waals surface area contributed by atoms with Crippen LogP contribution < -0.4 is 16.8 Å². The molecule has 0 aliphatic carbocycles. The number of alkyl halides is 3. The van der Waals surface area contributed by atoms with Crippen LogP contribution in [0.4, 0.5) is 28.0 Å². The monoisotopic (exact) mass is 364 g/mol. The molecule has 1 amide bonds. The lowest BCUT2D eigenvalue weighted by Crippen LogP contribution is -2.48. The maximum Gasteiger partial charge on any atom is 0.412 e. The molecule has 0 bridgehead atoms. The molecule has 6 N–H and O–H groups in total. The lowest BCUT2D eigenvalue weighted by Gasteiger charge is -2.38. The fourth-order valence-corrected chi connectivity index (χ4v) is 2.55. The zero-order valence-corrected chi connectivity index (χ0v) is 13.0. The van der Waals surface area contributed by atoms with Crippen LogP contribution in [0.2, 0.25) is 0 Å². The van der Waals surface area contributed by atoms with E-state index in [-0.39, 0.29) is 23.4 Å². The number of anilines is 1. The zero-order valence-electron chi connectivity index (χ0n) is 13.0. The smallest absolute Gasteiger partial charge is 0.412 e. The summed E-state index contributed by atoms with van der Waals surface area (Å²) in [5, 5.41) is 10.3. The highest BCUT2D eigenvalue weighted by Crippen LogP contribution is 2.41. The van der Waals surface area contributed by atoms with Crippen LogP contribution in [-0.2, 0) is 16.9 Å². The minimum absolute atomic E-state index is 0.0565. The molecular formula is C14H16F4N4O3. The second kappa shape index (κ2) is 6.39. The summed E-state index contributed by atoms with van der Waals surface area (Å²) in [6.07, 6.45) is -7.18. The van der Waals surface area contributed by atoms with Crippen molar-refractivity contribution in [2.24, 2.45) is 10.7 Å². The third kappa shape index (κ3) is 3.92. The fourth-order valence-electron chi connectivity index (χ4n) is 2.55. The number of nitrogens with one attached hydrogen (secondary N) is 1. The van der Waals surface area contributed by atoms with Crippen LogP contribution in [0.3, 0.4) is 0 Å². The molecule has 1 aromatic carbocycles. The number of carbonyl (C=O) groups is 1. The van der Waals surface area contributed by atoms with Gasteiger partial charge in [0.15, 0.2) is 6.04 Å². The van der Waals surface area contributed by atoms with Gasteiger partial charge < -0.3 is 21.3 Å². The van der Waals surface area contributed by atoms with Crippen molar-refractivity contribution in [1.29, 1.82) is 0 Å². The molecule has 2 rings (SSSR count). The van der Waals surface area contributed by atoms with E-state index in [1.54, 1.807) is 5.32 Å². The predicted octanol–water partition coefficient (Wildman–Crippen LogP) is 2.06. The van der Waals surface area contributed by atoms with Crippen molar-refractivity contribution < 1.29 is 32.2 Å². The SMILES string of the molecule is C[C@@]1(c2cc(N)c(CN)cc2F)C[C@@H](C(F)(F)F)N=C(NC(=O)O)O1. The second-order valence-corrected chi connectivity index (χ2v) is 5.69. The molecule has 1 aromatic rings. The van der Waals surface area contributed by atoms with E-state index in [2.05, 4.69) is 4.99 Å². The summed E-state index contributed by atoms with van der Waals surface area (Å²) in [5.74, 6) is -0.866. The molecule has 0 unspecified atom stereocenters. The fraction of sp³-hybridized carbons (Fsp3) is 0.429. The van der Waals surface area contributed by atoms with Gasteiger partial charge in [-0.05, 0) is 24.6 Å². The van der Waals surface area contributed by atoms with Crippen molar-refractivity contribution in [3.8, 4) is 0 Å². The Bertz CT molecular complexity index is 723. The molecule has 1 aliphatic heterocycles. The number of aliphatic imine (C=N–C) groups is 1. The van der Waals surface area contributed by atoms with Gasteiger partial charge in [0.25, 0.3) is 6.02 Å². The van der Waals surface area contributed by atoms with Crippen LogP contribution in [0.1, 0.15) is 24.5 Å². The summed E-state index contributed by atoms with van der Waals surface area (Å²) in [5.41, 5.74) is 9.43. The molecular weight excluding hydrogens is 348 g/mol. The summed E-state index contributed by atoms with van der Waals surface area (Å²) in [6.45, 7) is 1.14. The van der Waals surface area contributed by atoms with Gasteiger partial charge in [-0.1, -0.05) is 0 Å². The van der Waals surface area contributed by atoms with Crippen LogP contribution in [0.5, 0.6) is 0 Å². The Balaban J connectivity index is 2.51. The van der Waals surface area contributed by atoms with Gasteiger partial charge in [-0.3, -0.25) is 0 Å². The number of carboxylic acid groups (broad SMARTS) is 1. The van der Waals surface area contributed by atoms with Crippen molar-refractivity contribution in [2.45, 2.75) is 37.7 Å². The van der Waals surface area contributed by atoms with E-state index >= 15 is 0 Å². The van der Waals surface area contributed by atoms with E-state index in [9.17, 15) is 22.4 Å². The van der Waals surface area contributed by atoms with Crippen molar-refractivity contribution in [1.82, 2.24) is 5.32 Å². The van der Waals surface area contributed by atoms with Crippen LogP contribution in [0, 0.1) is 5.82 Å². The molecule has 1 heterocycles. The normalized spacial score (nSPS) is 23.6. The van der Waals surface area contributed by atoms with E-state index in [0.717, 1.165) is 12.1 Å². The minimum atomic E-state index is -4.77. The molecule has 25 heavy (non-hydrogen) atoms. The van der Waals surface area contributed by atoms with E-state index in [1.807, 2.05) is 0 Å². The minimum Gasteiger partial charge on any atom is -0.465 e. The maximum absolute atomic E-state index is 14.4. The van der Waals surface area contributed by atoms with Gasteiger partial charge in [0, 0.05) is 24.2 Å². The van der Waals surface area contributed by atoms with Gasteiger partial charge in [-0.25, -0.2) is 19.5 Å². The lowest BCUT2D eigenvalue weighted by molar-refractivity contribution is -0.164. The lowest BCUT2D eigenvalue weighted by atomic mass is 9.86. The Morgan fingerprint density at radius 2 is 2.16 bits per heavy atom. The Labute approximate surface area is 139 Å². The molecule has 1 aliphatic rings. The molecule has 0 saturated carbocycles. The molecule has 0 fully saturated rings. The van der Waals surface area contributed by atoms with E-state index in [4.69, 9.17) is 21.3 Å². The number of nitrogen functional groups attached to an aromatic ring is 1. The first-order chi connectivity index (χ1) is 11.5. The number of nitrogens with zero attached hydrogens (tertiary/aromatic N) is 1. The van der Waals surface area contributed by atoms with Gasteiger partial charge in [0.2, 0.25) is 0 Å². The number of nitrogens with two attached hydrogens (primary N) is 2. The number of amides is 1. The number of rotatable bonds is 2. The Kier molecular flexibility index (Phi) is 4.80. The average Bonchev–Trinajstić information content (AvgIpc) is 2.47. The average molecular weight is 364 g/mol. The number of halogens is 4. The number of ether oxygens (including phenoxy) is 1. The number of amidine groups is 1. The van der Waals surface area contributed by atoms with Gasteiger partial charge in [-0.2, -0.15) is 13.2 Å². The molecule has 138 valence electrons. The molecule has 0 saturated heterocycles. The van der Waals surface area contributed by atoms with Crippen LogP contribution in [0.25, 0.3) is 0 Å². The zero-order chi connectivity index (χ0) is 19.0. The molecule has 0 radical (unpaired) electrons. The van der Waals surface area contributed by atoms with E-state index in [1.165, 1.54) is 6.92 Å². The van der Waals surface area contributed by atoms with Crippen LogP contribution in [-0.4, -0.2) is 29.4 Å². The largest absolute Gasteiger partial charge is 0.465 e. The number of hydrogen-bond donors (Lipinski definition) is 4. The summed E-state index contributed by atoms with van der Waals surface area (Å²) >= 11 is 0. The quantitative estimate of drug-likeness (QED) is 0.472. The predicted molar refractivity (Wildman–Crippen MR) is 80.2 cm³/mol. The molecule has 0 aromatic heterocycles. The number of benzene rings is 1. The van der Waals surface area contributed by atoms with Crippen molar-refractivity contribution in [2.75, 3.05) is 5.73 Å². The van der Waals surface area contributed by atoms with Crippen LogP contribution >= 0.6 is 0 Å². The Morgan fingerprint density at radius 3 is 2.68 bits per heavy atom. The van der Waals surface area contributed by atoms with E-state index in [0.29, 0.717) is 0 Å². The summed E-state index contributed by atoms with van der Waals surface area (Å²) in [7, 11) is 0. The maximum atomic E-state index is 14.4. The van der Waals surface area contributed by atoms with Crippen molar-refractivity contribution in [3.05, 3.63) is 29.1 Å². The topological polar surface area (TPSA) is 123 Å². The van der Waals surface area contributed by atoms with Gasteiger partial charge >= 0.3 is 12.3 Å². The van der Waals surface area contributed by atoms with Gasteiger partial charge in [-0.15, -0.1) is 0 Å². The first kappa shape index (κ1) is 18.8. The summed E-state index contributed by atoms with van der Waals surface area (Å²) in [4.78, 5) is 13.9. The van der Waals surface area contributed by atoms with Crippen molar-refractivity contribution >= 4 is 17.8 Å². The third-order valence-electron chi connectivity index (χ3n) is 3.79. The highest BCUT2D eigenvalue weighted by atomic mass is 19.4. The van der Waals surface area contributed by atoms with Gasteiger partial charge in [0.05, 0.1) is 0 Å². The first-order valence-electron chi connectivity index (χ1n) is 7.08. The highest BCUT2D eigenvalue weighted by molar-refractivity contribution is 5.90. The Morgan fingerprint density at radius 1 is 1.52 bits per heavy atom. The summed E-state index contributed by atoms with van der Waals surface area (Å²) < 4.78 is 59.1. The highest BCUT2D eigenvalue weighted by Gasteiger charge is 2.50. The standard InChI is InChI=1S/C14H16F4N4O3/c1-13(7-3-9(20)6(5-19)2-8(7)15)4-10(14(16,17)18)21-11(25-13)22-12(23)24/h2-3,10H,4-5,19-20H2,1H3,(H,21,22)(H,23,24)/t10-,13-/m0/s1. The molecule has 11 heteroatoms. The van der Waals surface area contributed by atoms with Crippen LogP contribution in [0.15, 0.2) is 17.1 Å². The van der Waals surface area contributed by atoms with E-state index < -0.39 is 42.2 Å². The van der Waals surface area contributed by atoms with Gasteiger partial charge in [0.1, 0.15) is 11.4 Å².